The van der Waals surface area contributed by atoms with Gasteiger partial charge in [0.15, 0.2) is 0 Å². The Labute approximate surface area is 153 Å². The van der Waals surface area contributed by atoms with Crippen LogP contribution in [0.4, 0.5) is 0 Å². The molecule has 0 aliphatic carbocycles. The summed E-state index contributed by atoms with van der Waals surface area (Å²) in [6.45, 7) is 4.54. The Bertz CT molecular complexity index is 246. The summed E-state index contributed by atoms with van der Waals surface area (Å²) in [7, 11) is 0. The molecule has 0 unspecified atom stereocenters. The van der Waals surface area contributed by atoms with Crippen molar-refractivity contribution in [3.05, 3.63) is 0 Å². The molecule has 0 aromatic heterocycles. The maximum absolute atomic E-state index is 11.9. The maximum atomic E-state index is 11.9. The van der Waals surface area contributed by atoms with Gasteiger partial charge in [0, 0.05) is 12.8 Å². The van der Waals surface area contributed by atoms with Crippen LogP contribution in [0, 0.1) is 0 Å². The maximum Gasteiger partial charge on any atom is 0.132 e. The molecule has 0 radical (unpaired) electrons. The number of carbonyl (C=O) groups is 1. The lowest BCUT2D eigenvalue weighted by Gasteiger charge is -2.03. The third-order valence-corrected chi connectivity index (χ3v) is 5.12. The number of rotatable bonds is 20. The standard InChI is InChI=1S/C23H46O/c1-3-5-7-9-11-13-14-16-18-20-22-23(24)21-19-17-15-12-10-8-6-4-2/h3-22H2,1-2H3. The molecule has 1 nitrogen and oxygen atoms in total. The lowest BCUT2D eigenvalue weighted by atomic mass is 10.0. The summed E-state index contributed by atoms with van der Waals surface area (Å²) in [5.41, 5.74) is 0. The van der Waals surface area contributed by atoms with Crippen molar-refractivity contribution in [3.63, 3.8) is 0 Å². The summed E-state index contributed by atoms with van der Waals surface area (Å²) in [5, 5.41) is 0. The van der Waals surface area contributed by atoms with Crippen LogP contribution in [0.5, 0.6) is 0 Å². The van der Waals surface area contributed by atoms with Crippen LogP contribution < -0.4 is 0 Å². The van der Waals surface area contributed by atoms with E-state index < -0.39 is 0 Å². The molecule has 0 aliphatic rings. The molecule has 0 saturated carbocycles. The van der Waals surface area contributed by atoms with Crippen molar-refractivity contribution < 1.29 is 4.79 Å². The van der Waals surface area contributed by atoms with E-state index in [2.05, 4.69) is 13.8 Å². The van der Waals surface area contributed by atoms with Crippen molar-refractivity contribution in [2.24, 2.45) is 0 Å². The molecule has 0 N–H and O–H groups in total. The van der Waals surface area contributed by atoms with Gasteiger partial charge in [-0.05, 0) is 12.8 Å². The molecule has 0 aromatic rings. The molecule has 0 amide bonds. The first-order valence-corrected chi connectivity index (χ1v) is 11.3. The van der Waals surface area contributed by atoms with Gasteiger partial charge >= 0.3 is 0 Å². The Kier molecular flexibility index (Phi) is 20.4. The molecular formula is C23H46O. The normalized spacial score (nSPS) is 11.1. The van der Waals surface area contributed by atoms with Crippen LogP contribution in [0.15, 0.2) is 0 Å². The van der Waals surface area contributed by atoms with Gasteiger partial charge in [-0.25, -0.2) is 0 Å². The summed E-state index contributed by atoms with van der Waals surface area (Å²) >= 11 is 0. The van der Waals surface area contributed by atoms with Crippen molar-refractivity contribution in [1.29, 1.82) is 0 Å². The smallest absolute Gasteiger partial charge is 0.132 e. The molecule has 0 bridgehead atoms. The number of Topliss-reactive ketones (excluding diaryl/α,β-unsaturated/α-hetero) is 1. The van der Waals surface area contributed by atoms with Gasteiger partial charge in [-0.15, -0.1) is 0 Å². The second-order valence-electron chi connectivity index (χ2n) is 7.70. The second-order valence-corrected chi connectivity index (χ2v) is 7.70. The average molecular weight is 339 g/mol. The number of unbranched alkanes of at least 4 members (excludes halogenated alkanes) is 16. The van der Waals surface area contributed by atoms with E-state index in [0.717, 1.165) is 25.7 Å². The van der Waals surface area contributed by atoms with Crippen molar-refractivity contribution in [2.45, 2.75) is 142 Å². The average Bonchev–Trinajstić information content (AvgIpc) is 2.59. The van der Waals surface area contributed by atoms with E-state index in [4.69, 9.17) is 0 Å². The van der Waals surface area contributed by atoms with E-state index in [9.17, 15) is 4.79 Å². The minimum atomic E-state index is 0.514. The molecule has 144 valence electrons. The summed E-state index contributed by atoms with van der Waals surface area (Å²) < 4.78 is 0. The molecule has 1 heteroatoms. The number of ketones is 1. The Morgan fingerprint density at radius 3 is 0.958 bits per heavy atom. The lowest BCUT2D eigenvalue weighted by molar-refractivity contribution is -0.119. The molecule has 0 rings (SSSR count). The van der Waals surface area contributed by atoms with Gasteiger partial charge in [0.2, 0.25) is 0 Å². The summed E-state index contributed by atoms with van der Waals surface area (Å²) in [4.78, 5) is 11.9. The van der Waals surface area contributed by atoms with Crippen LogP contribution in [0.3, 0.4) is 0 Å². The van der Waals surface area contributed by atoms with Crippen molar-refractivity contribution >= 4 is 5.78 Å². The van der Waals surface area contributed by atoms with Gasteiger partial charge < -0.3 is 0 Å². The van der Waals surface area contributed by atoms with Crippen LogP contribution in [-0.2, 0) is 4.79 Å². The van der Waals surface area contributed by atoms with Crippen molar-refractivity contribution in [1.82, 2.24) is 0 Å². The highest BCUT2D eigenvalue weighted by molar-refractivity contribution is 5.78. The van der Waals surface area contributed by atoms with Crippen LogP contribution in [0.1, 0.15) is 142 Å². The van der Waals surface area contributed by atoms with Gasteiger partial charge in [0.05, 0.1) is 0 Å². The lowest BCUT2D eigenvalue weighted by Crippen LogP contribution is -1.97. The van der Waals surface area contributed by atoms with Gasteiger partial charge in [-0.1, -0.05) is 117 Å². The number of hydrogen-bond donors (Lipinski definition) is 0. The minimum Gasteiger partial charge on any atom is -0.300 e. The fourth-order valence-corrected chi connectivity index (χ4v) is 3.39. The third-order valence-electron chi connectivity index (χ3n) is 5.12. The quantitative estimate of drug-likeness (QED) is 0.204. The molecule has 0 atom stereocenters. The molecule has 0 spiro atoms. The van der Waals surface area contributed by atoms with Gasteiger partial charge in [0.1, 0.15) is 5.78 Å². The molecule has 0 fully saturated rings. The summed E-state index contributed by atoms with van der Waals surface area (Å²) in [6, 6.07) is 0. The minimum absolute atomic E-state index is 0.514. The SMILES string of the molecule is CCCCCCCCCCCCC(=O)CCCCCCCCCC. The second kappa shape index (κ2) is 20.7. The van der Waals surface area contributed by atoms with Crippen molar-refractivity contribution in [3.8, 4) is 0 Å². The Hall–Kier alpha value is -0.330. The van der Waals surface area contributed by atoms with E-state index in [1.165, 1.54) is 103 Å². The third kappa shape index (κ3) is 19.7. The van der Waals surface area contributed by atoms with Gasteiger partial charge in [-0.2, -0.15) is 0 Å². The predicted molar refractivity (Wildman–Crippen MR) is 109 cm³/mol. The highest BCUT2D eigenvalue weighted by Gasteiger charge is 2.02. The number of carbonyl (C=O) groups excluding carboxylic acids is 1. The van der Waals surface area contributed by atoms with Crippen LogP contribution >= 0.6 is 0 Å². The molecule has 0 heterocycles. The first-order valence-electron chi connectivity index (χ1n) is 11.3. The van der Waals surface area contributed by atoms with E-state index in [1.807, 2.05) is 0 Å². The van der Waals surface area contributed by atoms with Crippen LogP contribution in [0.2, 0.25) is 0 Å². The first kappa shape index (κ1) is 23.7. The zero-order valence-electron chi connectivity index (χ0n) is 17.1. The summed E-state index contributed by atoms with van der Waals surface area (Å²) in [6.07, 6.45) is 25.8. The molecule has 0 saturated heterocycles. The summed E-state index contributed by atoms with van der Waals surface area (Å²) in [5.74, 6) is 0.514. The zero-order valence-corrected chi connectivity index (χ0v) is 17.1. The van der Waals surface area contributed by atoms with E-state index in [-0.39, 0.29) is 0 Å². The monoisotopic (exact) mass is 338 g/mol. The van der Waals surface area contributed by atoms with E-state index in [1.54, 1.807) is 0 Å². The molecule has 24 heavy (non-hydrogen) atoms. The molecule has 0 aliphatic heterocycles. The van der Waals surface area contributed by atoms with E-state index >= 15 is 0 Å². The fraction of sp³-hybridized carbons (Fsp3) is 0.957. The van der Waals surface area contributed by atoms with Crippen LogP contribution in [0.25, 0.3) is 0 Å². The Balaban J connectivity index is 3.13. The fourth-order valence-electron chi connectivity index (χ4n) is 3.39. The highest BCUT2D eigenvalue weighted by atomic mass is 16.1. The predicted octanol–water partition coefficient (Wildman–Crippen LogP) is 8.40. The van der Waals surface area contributed by atoms with Crippen molar-refractivity contribution in [2.75, 3.05) is 0 Å². The Morgan fingerprint density at radius 2 is 0.667 bits per heavy atom. The topological polar surface area (TPSA) is 17.1 Å². The van der Waals surface area contributed by atoms with Crippen LogP contribution in [-0.4, -0.2) is 5.78 Å². The zero-order chi connectivity index (χ0) is 17.7. The Morgan fingerprint density at radius 1 is 0.417 bits per heavy atom. The number of hydrogen-bond acceptors (Lipinski definition) is 1. The van der Waals surface area contributed by atoms with Gasteiger partial charge in [-0.3, -0.25) is 4.79 Å². The molecule has 0 aromatic carbocycles. The van der Waals surface area contributed by atoms with E-state index in [0.29, 0.717) is 5.78 Å². The molecular weight excluding hydrogens is 292 g/mol. The van der Waals surface area contributed by atoms with Gasteiger partial charge in [0.25, 0.3) is 0 Å². The largest absolute Gasteiger partial charge is 0.300 e. The first-order chi connectivity index (χ1) is 11.8. The highest BCUT2D eigenvalue weighted by Crippen LogP contribution is 2.13.